The maximum absolute atomic E-state index is 11.1. The van der Waals surface area contributed by atoms with Crippen LogP contribution in [-0.2, 0) is 16.0 Å². The first-order chi connectivity index (χ1) is 7.06. The number of benzene rings is 1. The summed E-state index contributed by atoms with van der Waals surface area (Å²) < 4.78 is 5.08. The highest BCUT2D eigenvalue weighted by molar-refractivity contribution is 9.10. The van der Waals surface area contributed by atoms with Crippen LogP contribution in [-0.4, -0.2) is 24.2 Å². The van der Waals surface area contributed by atoms with Gasteiger partial charge >= 0.3 is 5.97 Å². The van der Waals surface area contributed by atoms with Gasteiger partial charge in [0.05, 0.1) is 11.6 Å². The number of carbonyl (C=O) groups excluding carboxylic acids is 1. The van der Waals surface area contributed by atoms with Gasteiger partial charge in [-0.05, 0) is 27.6 Å². The molecule has 0 heterocycles. The predicted molar refractivity (Wildman–Crippen MR) is 59.5 cm³/mol. The van der Waals surface area contributed by atoms with E-state index in [2.05, 4.69) is 20.7 Å². The summed E-state index contributed by atoms with van der Waals surface area (Å²) in [6.07, 6.45) is 0.248. The number of methoxy groups -OCH3 is 1. The molecule has 1 rings (SSSR count). The summed E-state index contributed by atoms with van der Waals surface area (Å²) in [5.74, 6) is -0.383. The Morgan fingerprint density at radius 3 is 2.93 bits per heavy atom. The lowest BCUT2D eigenvalue weighted by molar-refractivity contribution is -0.142. The Bertz CT molecular complexity index is 368. The average Bonchev–Trinajstić information content (AvgIpc) is 2.23. The van der Waals surface area contributed by atoms with E-state index in [-0.39, 0.29) is 12.2 Å². The summed E-state index contributed by atoms with van der Waals surface area (Å²) in [5, 5.41) is 9.65. The quantitative estimate of drug-likeness (QED) is 0.812. The first kappa shape index (κ1) is 12.0. The van der Waals surface area contributed by atoms with Gasteiger partial charge in [0.2, 0.25) is 0 Å². The third-order valence-electron chi connectivity index (χ3n) is 2.01. The van der Waals surface area contributed by atoms with Crippen LogP contribution in [0.1, 0.15) is 5.56 Å². The van der Waals surface area contributed by atoms with E-state index in [4.69, 9.17) is 5.73 Å². The van der Waals surface area contributed by atoms with Crippen molar-refractivity contribution in [2.75, 3.05) is 7.11 Å². The number of ether oxygens (including phenoxy) is 1. The molecule has 1 aromatic carbocycles. The molecule has 0 fully saturated rings. The zero-order chi connectivity index (χ0) is 11.4. The van der Waals surface area contributed by atoms with Crippen molar-refractivity contribution < 1.29 is 14.6 Å². The second-order valence-electron chi connectivity index (χ2n) is 3.08. The number of halogens is 1. The van der Waals surface area contributed by atoms with Gasteiger partial charge in [0, 0.05) is 6.42 Å². The van der Waals surface area contributed by atoms with Gasteiger partial charge in [0.25, 0.3) is 0 Å². The van der Waals surface area contributed by atoms with Gasteiger partial charge in [0.1, 0.15) is 11.8 Å². The summed E-state index contributed by atoms with van der Waals surface area (Å²) in [6.45, 7) is 0. The molecule has 0 radical (unpaired) electrons. The van der Waals surface area contributed by atoms with Crippen molar-refractivity contribution >= 4 is 21.9 Å². The highest BCUT2D eigenvalue weighted by Crippen LogP contribution is 2.28. The molecule has 0 spiro atoms. The van der Waals surface area contributed by atoms with Gasteiger partial charge in [-0.1, -0.05) is 12.1 Å². The van der Waals surface area contributed by atoms with Crippen LogP contribution in [0, 0.1) is 0 Å². The first-order valence-corrected chi connectivity index (χ1v) is 5.15. The number of nitrogens with two attached hydrogens (primary N) is 1. The second kappa shape index (κ2) is 5.14. The number of rotatable bonds is 3. The number of esters is 1. The molecular formula is C10H12BrNO3. The van der Waals surface area contributed by atoms with Crippen LogP contribution >= 0.6 is 15.9 Å². The topological polar surface area (TPSA) is 72.5 Å². The molecule has 1 unspecified atom stereocenters. The number of phenolic OH excluding ortho intramolecular Hbond substituents is 1. The summed E-state index contributed by atoms with van der Waals surface area (Å²) in [5.41, 5.74) is 6.19. The van der Waals surface area contributed by atoms with E-state index < -0.39 is 12.0 Å². The third-order valence-corrected chi connectivity index (χ3v) is 2.65. The monoisotopic (exact) mass is 273 g/mol. The molecule has 15 heavy (non-hydrogen) atoms. The van der Waals surface area contributed by atoms with Crippen molar-refractivity contribution in [3.63, 3.8) is 0 Å². The largest absolute Gasteiger partial charge is 0.506 e. The minimum Gasteiger partial charge on any atom is -0.506 e. The van der Waals surface area contributed by atoms with Crippen LogP contribution in [0.3, 0.4) is 0 Å². The van der Waals surface area contributed by atoms with Crippen molar-refractivity contribution in [1.82, 2.24) is 0 Å². The highest BCUT2D eigenvalue weighted by Gasteiger charge is 2.16. The Kier molecular flexibility index (Phi) is 4.11. The summed E-state index contributed by atoms with van der Waals surface area (Å²) in [6, 6.07) is 4.43. The summed E-state index contributed by atoms with van der Waals surface area (Å²) in [4.78, 5) is 11.1. The van der Waals surface area contributed by atoms with Gasteiger partial charge in [-0.2, -0.15) is 0 Å². The molecule has 0 saturated carbocycles. The molecule has 1 aromatic rings. The van der Waals surface area contributed by atoms with Crippen LogP contribution in [0.2, 0.25) is 0 Å². The number of hydrogen-bond acceptors (Lipinski definition) is 4. The lowest BCUT2D eigenvalue weighted by atomic mass is 10.1. The molecule has 0 aliphatic carbocycles. The number of hydrogen-bond donors (Lipinski definition) is 2. The van der Waals surface area contributed by atoms with Crippen LogP contribution < -0.4 is 5.73 Å². The van der Waals surface area contributed by atoms with Crippen molar-refractivity contribution in [2.45, 2.75) is 12.5 Å². The van der Waals surface area contributed by atoms with Crippen molar-refractivity contribution in [3.8, 4) is 5.75 Å². The van der Waals surface area contributed by atoms with Crippen LogP contribution in [0.15, 0.2) is 22.7 Å². The molecular weight excluding hydrogens is 262 g/mol. The SMILES string of the molecule is COC(=O)C(N)Cc1cccc(Br)c1O. The summed E-state index contributed by atoms with van der Waals surface area (Å²) >= 11 is 3.18. The summed E-state index contributed by atoms with van der Waals surface area (Å²) in [7, 11) is 1.28. The van der Waals surface area contributed by atoms with E-state index >= 15 is 0 Å². The van der Waals surface area contributed by atoms with Gasteiger partial charge in [-0.15, -0.1) is 0 Å². The number of para-hydroxylation sites is 1. The molecule has 5 heteroatoms. The van der Waals surface area contributed by atoms with Crippen LogP contribution in [0.4, 0.5) is 0 Å². The molecule has 0 amide bonds. The van der Waals surface area contributed by atoms with Crippen molar-refractivity contribution in [2.24, 2.45) is 5.73 Å². The zero-order valence-electron chi connectivity index (χ0n) is 8.24. The van der Waals surface area contributed by atoms with Gasteiger partial charge < -0.3 is 15.6 Å². The van der Waals surface area contributed by atoms with Gasteiger partial charge in [-0.25, -0.2) is 0 Å². The molecule has 0 saturated heterocycles. The fourth-order valence-electron chi connectivity index (χ4n) is 1.20. The Labute approximate surface area is 96.2 Å². The van der Waals surface area contributed by atoms with E-state index in [0.29, 0.717) is 10.0 Å². The second-order valence-corrected chi connectivity index (χ2v) is 3.94. The van der Waals surface area contributed by atoms with Gasteiger partial charge in [-0.3, -0.25) is 4.79 Å². The van der Waals surface area contributed by atoms with E-state index in [1.165, 1.54) is 7.11 Å². The number of phenols is 1. The Morgan fingerprint density at radius 1 is 1.67 bits per heavy atom. The molecule has 0 bridgehead atoms. The predicted octanol–water partition coefficient (Wildman–Crippen LogP) is 1.20. The van der Waals surface area contributed by atoms with Crippen molar-refractivity contribution in [3.05, 3.63) is 28.2 Å². The van der Waals surface area contributed by atoms with Gasteiger partial charge in [0.15, 0.2) is 0 Å². The molecule has 4 nitrogen and oxygen atoms in total. The number of carbonyl (C=O) groups is 1. The standard InChI is InChI=1S/C10H12BrNO3/c1-15-10(14)8(12)5-6-3-2-4-7(11)9(6)13/h2-4,8,13H,5,12H2,1H3. The fourth-order valence-corrected chi connectivity index (χ4v) is 1.60. The van der Waals surface area contributed by atoms with E-state index in [1.54, 1.807) is 18.2 Å². The molecule has 1 atom stereocenters. The molecule has 3 N–H and O–H groups in total. The lowest BCUT2D eigenvalue weighted by Crippen LogP contribution is -2.33. The molecule has 82 valence electrons. The Morgan fingerprint density at radius 2 is 2.33 bits per heavy atom. The normalized spacial score (nSPS) is 12.2. The zero-order valence-corrected chi connectivity index (χ0v) is 9.82. The van der Waals surface area contributed by atoms with E-state index in [0.717, 1.165) is 0 Å². The molecule has 0 aliphatic heterocycles. The lowest BCUT2D eigenvalue weighted by Gasteiger charge is -2.10. The first-order valence-electron chi connectivity index (χ1n) is 4.36. The third kappa shape index (κ3) is 2.94. The van der Waals surface area contributed by atoms with Crippen LogP contribution in [0.5, 0.6) is 5.75 Å². The van der Waals surface area contributed by atoms with Crippen LogP contribution in [0.25, 0.3) is 0 Å². The smallest absolute Gasteiger partial charge is 0.322 e. The van der Waals surface area contributed by atoms with E-state index in [1.807, 2.05) is 0 Å². The Balaban J connectivity index is 2.81. The number of aromatic hydroxyl groups is 1. The maximum Gasteiger partial charge on any atom is 0.322 e. The molecule has 0 aliphatic rings. The van der Waals surface area contributed by atoms with Crippen molar-refractivity contribution in [1.29, 1.82) is 0 Å². The fraction of sp³-hybridized carbons (Fsp3) is 0.300. The molecule has 0 aromatic heterocycles. The average molecular weight is 274 g/mol. The Hall–Kier alpha value is -1.07. The maximum atomic E-state index is 11.1. The highest BCUT2D eigenvalue weighted by atomic mass is 79.9. The minimum atomic E-state index is -0.754. The van der Waals surface area contributed by atoms with E-state index in [9.17, 15) is 9.90 Å². The minimum absolute atomic E-state index is 0.108.